The van der Waals surface area contributed by atoms with Gasteiger partial charge in [-0.1, -0.05) is 12.1 Å². The Labute approximate surface area is 104 Å². The molecule has 1 atom stereocenters. The zero-order valence-electron chi connectivity index (χ0n) is 9.15. The van der Waals surface area contributed by atoms with Crippen molar-refractivity contribution in [3.63, 3.8) is 0 Å². The molecule has 1 aromatic heterocycles. The van der Waals surface area contributed by atoms with Crippen LogP contribution in [0, 0.1) is 0 Å². The maximum absolute atomic E-state index is 6.08. The second kappa shape index (κ2) is 5.62. The zero-order valence-corrected chi connectivity index (χ0v) is 10.7. The molecule has 86 valence electrons. The molecule has 0 aliphatic rings. The standard InChI is InChI=1S/C12H14ClNOS/c1-15-8-9(13)6-7-12-14-10-4-2-3-5-11(10)16-12/h2-5,9H,6-8H2,1H3. The van der Waals surface area contributed by atoms with Crippen molar-refractivity contribution in [2.75, 3.05) is 13.7 Å². The van der Waals surface area contributed by atoms with Gasteiger partial charge in [0.2, 0.25) is 0 Å². The topological polar surface area (TPSA) is 22.1 Å². The number of thiazole rings is 1. The van der Waals surface area contributed by atoms with Gasteiger partial charge in [0, 0.05) is 13.5 Å². The number of rotatable bonds is 5. The largest absolute Gasteiger partial charge is 0.383 e. The lowest BCUT2D eigenvalue weighted by Crippen LogP contribution is -2.08. The van der Waals surface area contributed by atoms with Gasteiger partial charge >= 0.3 is 0 Å². The van der Waals surface area contributed by atoms with E-state index in [4.69, 9.17) is 16.3 Å². The lowest BCUT2D eigenvalue weighted by molar-refractivity contribution is 0.195. The molecule has 4 heteroatoms. The minimum Gasteiger partial charge on any atom is -0.383 e. The fraction of sp³-hybridized carbons (Fsp3) is 0.417. The summed E-state index contributed by atoms with van der Waals surface area (Å²) in [5, 5.41) is 1.24. The highest BCUT2D eigenvalue weighted by Crippen LogP contribution is 2.23. The van der Waals surface area contributed by atoms with Gasteiger partial charge in [-0.15, -0.1) is 22.9 Å². The second-order valence-corrected chi connectivity index (χ2v) is 5.40. The molecule has 16 heavy (non-hydrogen) atoms. The van der Waals surface area contributed by atoms with Gasteiger partial charge in [0.05, 0.1) is 27.2 Å². The average Bonchev–Trinajstić information content (AvgIpc) is 2.69. The van der Waals surface area contributed by atoms with Gasteiger partial charge in [0.15, 0.2) is 0 Å². The molecule has 2 rings (SSSR count). The van der Waals surface area contributed by atoms with Gasteiger partial charge in [0.1, 0.15) is 0 Å². The summed E-state index contributed by atoms with van der Waals surface area (Å²) in [6, 6.07) is 8.20. The van der Waals surface area contributed by atoms with Crippen LogP contribution in [0.5, 0.6) is 0 Å². The van der Waals surface area contributed by atoms with Crippen molar-refractivity contribution in [2.24, 2.45) is 0 Å². The lowest BCUT2D eigenvalue weighted by atomic mass is 10.2. The number of benzene rings is 1. The maximum atomic E-state index is 6.08. The highest BCUT2D eigenvalue weighted by molar-refractivity contribution is 7.18. The summed E-state index contributed by atoms with van der Waals surface area (Å²) < 4.78 is 6.25. The van der Waals surface area contributed by atoms with Crippen molar-refractivity contribution in [3.05, 3.63) is 29.3 Å². The first-order valence-electron chi connectivity index (χ1n) is 5.27. The molecular weight excluding hydrogens is 242 g/mol. The Hall–Kier alpha value is -0.640. The smallest absolute Gasteiger partial charge is 0.0939 e. The van der Waals surface area contributed by atoms with Crippen LogP contribution in [0.3, 0.4) is 0 Å². The van der Waals surface area contributed by atoms with Crippen LogP contribution in [-0.4, -0.2) is 24.1 Å². The number of alkyl halides is 1. The van der Waals surface area contributed by atoms with Crippen LogP contribution in [0.1, 0.15) is 11.4 Å². The number of para-hydroxylation sites is 1. The van der Waals surface area contributed by atoms with Crippen LogP contribution in [0.15, 0.2) is 24.3 Å². The number of fused-ring (bicyclic) bond motifs is 1. The Kier molecular flexibility index (Phi) is 4.16. The number of halogens is 1. The molecular formula is C12H14ClNOS. The molecule has 0 aliphatic carbocycles. The summed E-state index contributed by atoms with van der Waals surface area (Å²) in [5.41, 5.74) is 1.08. The van der Waals surface area contributed by atoms with Gasteiger partial charge < -0.3 is 4.74 Å². The molecule has 0 amide bonds. The summed E-state index contributed by atoms with van der Waals surface area (Å²) in [4.78, 5) is 4.56. The van der Waals surface area contributed by atoms with Crippen LogP contribution in [-0.2, 0) is 11.2 Å². The third-order valence-corrected chi connectivity index (χ3v) is 3.80. The molecule has 0 saturated carbocycles. The van der Waals surface area contributed by atoms with Crippen LogP contribution >= 0.6 is 22.9 Å². The summed E-state index contributed by atoms with van der Waals surface area (Å²) in [5.74, 6) is 0. The fourth-order valence-corrected chi connectivity index (χ4v) is 2.79. The SMILES string of the molecule is COCC(Cl)CCc1nc2ccccc2s1. The quantitative estimate of drug-likeness (QED) is 0.763. The molecule has 1 aromatic carbocycles. The third kappa shape index (κ3) is 2.94. The van der Waals surface area contributed by atoms with Gasteiger partial charge in [-0.05, 0) is 18.6 Å². The molecule has 0 fully saturated rings. The Morgan fingerprint density at radius 3 is 3.00 bits per heavy atom. The minimum atomic E-state index is 0.0806. The van der Waals surface area contributed by atoms with Crippen molar-refractivity contribution in [3.8, 4) is 0 Å². The van der Waals surface area contributed by atoms with E-state index in [1.807, 2.05) is 18.2 Å². The van der Waals surface area contributed by atoms with E-state index in [0.29, 0.717) is 6.61 Å². The van der Waals surface area contributed by atoms with Crippen molar-refractivity contribution >= 4 is 33.2 Å². The van der Waals surface area contributed by atoms with Crippen LogP contribution in [0.4, 0.5) is 0 Å². The number of aromatic nitrogens is 1. The van der Waals surface area contributed by atoms with E-state index in [2.05, 4.69) is 11.1 Å². The van der Waals surface area contributed by atoms with Crippen molar-refractivity contribution in [2.45, 2.75) is 18.2 Å². The minimum absolute atomic E-state index is 0.0806. The number of nitrogens with zero attached hydrogens (tertiary/aromatic N) is 1. The molecule has 0 saturated heterocycles. The molecule has 2 nitrogen and oxygen atoms in total. The molecule has 0 N–H and O–H groups in total. The Bertz CT molecular complexity index is 424. The highest BCUT2D eigenvalue weighted by atomic mass is 35.5. The van der Waals surface area contributed by atoms with Crippen LogP contribution in [0.25, 0.3) is 10.2 Å². The third-order valence-electron chi connectivity index (χ3n) is 2.36. The molecule has 0 spiro atoms. The van der Waals surface area contributed by atoms with Crippen molar-refractivity contribution in [1.82, 2.24) is 4.98 Å². The van der Waals surface area contributed by atoms with E-state index < -0.39 is 0 Å². The number of hydrogen-bond acceptors (Lipinski definition) is 3. The van der Waals surface area contributed by atoms with Gasteiger partial charge in [-0.25, -0.2) is 4.98 Å². The summed E-state index contributed by atoms with van der Waals surface area (Å²) in [6.45, 7) is 0.604. The normalized spacial score (nSPS) is 13.1. The molecule has 0 radical (unpaired) electrons. The molecule has 0 bridgehead atoms. The Morgan fingerprint density at radius 1 is 1.44 bits per heavy atom. The average molecular weight is 256 g/mol. The molecule has 1 unspecified atom stereocenters. The first-order chi connectivity index (χ1) is 7.79. The van der Waals surface area contributed by atoms with E-state index >= 15 is 0 Å². The van der Waals surface area contributed by atoms with Gasteiger partial charge in [0.25, 0.3) is 0 Å². The molecule has 2 aromatic rings. The van der Waals surface area contributed by atoms with Crippen molar-refractivity contribution in [1.29, 1.82) is 0 Å². The zero-order chi connectivity index (χ0) is 11.4. The maximum Gasteiger partial charge on any atom is 0.0939 e. The number of aryl methyl sites for hydroxylation is 1. The van der Waals surface area contributed by atoms with Gasteiger partial charge in [-0.3, -0.25) is 0 Å². The number of methoxy groups -OCH3 is 1. The first kappa shape index (κ1) is 11.8. The van der Waals surface area contributed by atoms with Crippen LogP contribution < -0.4 is 0 Å². The first-order valence-corrected chi connectivity index (χ1v) is 6.52. The van der Waals surface area contributed by atoms with E-state index in [-0.39, 0.29) is 5.38 Å². The Morgan fingerprint density at radius 2 is 2.25 bits per heavy atom. The van der Waals surface area contributed by atoms with Crippen molar-refractivity contribution < 1.29 is 4.74 Å². The van der Waals surface area contributed by atoms with Crippen LogP contribution in [0.2, 0.25) is 0 Å². The predicted molar refractivity (Wildman–Crippen MR) is 69.5 cm³/mol. The lowest BCUT2D eigenvalue weighted by Gasteiger charge is -2.05. The summed E-state index contributed by atoms with van der Waals surface area (Å²) in [6.07, 6.45) is 1.84. The van der Waals surface area contributed by atoms with E-state index in [1.54, 1.807) is 18.4 Å². The second-order valence-electron chi connectivity index (χ2n) is 3.67. The highest BCUT2D eigenvalue weighted by Gasteiger charge is 2.07. The van der Waals surface area contributed by atoms with E-state index in [9.17, 15) is 0 Å². The number of hydrogen-bond donors (Lipinski definition) is 0. The monoisotopic (exact) mass is 255 g/mol. The predicted octanol–water partition coefficient (Wildman–Crippen LogP) is 3.48. The van der Waals surface area contributed by atoms with E-state index in [0.717, 1.165) is 23.4 Å². The summed E-state index contributed by atoms with van der Waals surface area (Å²) >= 11 is 7.83. The Balaban J connectivity index is 1.99. The number of ether oxygens (including phenoxy) is 1. The fourth-order valence-electron chi connectivity index (χ4n) is 1.57. The summed E-state index contributed by atoms with van der Waals surface area (Å²) in [7, 11) is 1.67. The molecule has 1 heterocycles. The molecule has 0 aliphatic heterocycles. The van der Waals surface area contributed by atoms with E-state index in [1.165, 1.54) is 4.70 Å². The van der Waals surface area contributed by atoms with Gasteiger partial charge in [-0.2, -0.15) is 0 Å².